The number of carbonyl (C=O) groups excluding carboxylic acids is 1. The number of H-pyrrole nitrogens is 1. The molecule has 4 rings (SSSR count). The highest BCUT2D eigenvalue weighted by molar-refractivity contribution is 5.98. The van der Waals surface area contributed by atoms with Crippen molar-refractivity contribution in [2.24, 2.45) is 5.73 Å². The van der Waals surface area contributed by atoms with Crippen LogP contribution in [0.15, 0.2) is 54.7 Å². The molecule has 0 radical (unpaired) electrons. The van der Waals surface area contributed by atoms with E-state index in [4.69, 9.17) is 5.73 Å². The molecule has 3 aromatic rings. The molecule has 1 aromatic heterocycles. The summed E-state index contributed by atoms with van der Waals surface area (Å²) in [5.74, 6) is -0.369. The maximum absolute atomic E-state index is 11.6. The van der Waals surface area contributed by atoms with Crippen LogP contribution in [-0.2, 0) is 6.54 Å². The van der Waals surface area contributed by atoms with Gasteiger partial charge in [0.15, 0.2) is 0 Å². The van der Waals surface area contributed by atoms with E-state index < -0.39 is 0 Å². The number of nitrogens with one attached hydrogen (secondary N) is 2. The number of carbonyl (C=O) groups is 1. The zero-order valence-electron chi connectivity index (χ0n) is 14.0. The average molecular weight is 334 g/mol. The molecule has 2 aromatic carbocycles. The summed E-state index contributed by atoms with van der Waals surface area (Å²) >= 11 is 0. The second kappa shape index (κ2) is 6.61. The largest absolute Gasteiger partial charge is 0.369 e. The van der Waals surface area contributed by atoms with E-state index in [0.717, 1.165) is 31.7 Å². The molecular formula is C20H22N4O. The molecule has 0 aliphatic carbocycles. The van der Waals surface area contributed by atoms with Crippen LogP contribution < -0.4 is 16.0 Å². The molecule has 1 aliphatic heterocycles. The number of hydrogen-bond donors (Lipinski definition) is 3. The molecule has 1 saturated heterocycles. The molecular weight excluding hydrogens is 312 g/mol. The summed E-state index contributed by atoms with van der Waals surface area (Å²) in [4.78, 5) is 17.1. The minimum absolute atomic E-state index is 0.369. The number of para-hydroxylation sites is 1. The van der Waals surface area contributed by atoms with Crippen molar-refractivity contribution in [3.8, 4) is 0 Å². The van der Waals surface area contributed by atoms with E-state index in [-0.39, 0.29) is 5.91 Å². The van der Waals surface area contributed by atoms with Crippen LogP contribution in [0.25, 0.3) is 10.9 Å². The van der Waals surface area contributed by atoms with Gasteiger partial charge in [-0.25, -0.2) is 0 Å². The quantitative estimate of drug-likeness (QED) is 0.671. The topological polar surface area (TPSA) is 74.2 Å². The fraction of sp³-hybridized carbons (Fsp3) is 0.250. The van der Waals surface area contributed by atoms with Crippen molar-refractivity contribution in [3.05, 3.63) is 65.9 Å². The van der Waals surface area contributed by atoms with Crippen LogP contribution in [-0.4, -0.2) is 30.0 Å². The smallest absolute Gasteiger partial charge is 0.250 e. The molecule has 1 fully saturated rings. The number of nitrogens with zero attached hydrogens (tertiary/aromatic N) is 1. The zero-order valence-corrected chi connectivity index (χ0v) is 14.0. The van der Waals surface area contributed by atoms with Crippen LogP contribution in [0.4, 0.5) is 5.69 Å². The van der Waals surface area contributed by atoms with Gasteiger partial charge in [0, 0.05) is 48.5 Å². The highest BCUT2D eigenvalue weighted by Gasteiger charge is 2.24. The Morgan fingerprint density at radius 3 is 2.96 bits per heavy atom. The molecule has 25 heavy (non-hydrogen) atoms. The number of aromatic nitrogens is 1. The lowest BCUT2D eigenvalue weighted by Gasteiger charge is -2.21. The van der Waals surface area contributed by atoms with Gasteiger partial charge in [0.25, 0.3) is 5.91 Å². The lowest BCUT2D eigenvalue weighted by molar-refractivity contribution is 0.100. The zero-order chi connectivity index (χ0) is 17.2. The Hall–Kier alpha value is -2.79. The van der Waals surface area contributed by atoms with E-state index >= 15 is 0 Å². The second-order valence-corrected chi connectivity index (χ2v) is 6.55. The van der Waals surface area contributed by atoms with Crippen molar-refractivity contribution < 1.29 is 4.79 Å². The van der Waals surface area contributed by atoms with Crippen LogP contribution in [0, 0.1) is 0 Å². The number of amides is 1. The number of primary amides is 1. The molecule has 0 saturated carbocycles. The lowest BCUT2D eigenvalue weighted by atomic mass is 10.1. The number of aromatic amines is 1. The highest BCUT2D eigenvalue weighted by Crippen LogP contribution is 2.25. The van der Waals surface area contributed by atoms with Gasteiger partial charge in [-0.3, -0.25) is 4.79 Å². The van der Waals surface area contributed by atoms with Gasteiger partial charge in [-0.05, 0) is 36.2 Å². The molecule has 1 aliphatic rings. The predicted molar refractivity (Wildman–Crippen MR) is 101 cm³/mol. The van der Waals surface area contributed by atoms with Crippen LogP contribution in [0.5, 0.6) is 0 Å². The first-order valence-corrected chi connectivity index (χ1v) is 8.64. The molecule has 1 unspecified atom stereocenters. The number of hydrogen-bond acceptors (Lipinski definition) is 3. The third-order valence-electron chi connectivity index (χ3n) is 4.96. The number of anilines is 1. The van der Waals surface area contributed by atoms with Crippen LogP contribution >= 0.6 is 0 Å². The molecule has 2 heterocycles. The van der Waals surface area contributed by atoms with E-state index in [1.165, 1.54) is 16.5 Å². The Labute approximate surface area is 146 Å². The SMILES string of the molecule is NC(=O)c1ccccc1N1CCC(NCc2cccc3[nH]ccc23)C1. The summed E-state index contributed by atoms with van der Waals surface area (Å²) in [5.41, 5.74) is 9.51. The van der Waals surface area contributed by atoms with E-state index in [1.807, 2.05) is 24.4 Å². The van der Waals surface area contributed by atoms with Gasteiger partial charge in [-0.2, -0.15) is 0 Å². The van der Waals surface area contributed by atoms with Crippen molar-refractivity contribution >= 4 is 22.5 Å². The van der Waals surface area contributed by atoms with Gasteiger partial charge < -0.3 is 20.9 Å². The normalized spacial score (nSPS) is 17.3. The number of fused-ring (bicyclic) bond motifs is 1. The van der Waals surface area contributed by atoms with Gasteiger partial charge in [-0.1, -0.05) is 24.3 Å². The third kappa shape index (κ3) is 3.10. The second-order valence-electron chi connectivity index (χ2n) is 6.55. The first kappa shape index (κ1) is 15.7. The average Bonchev–Trinajstić information content (AvgIpc) is 3.29. The van der Waals surface area contributed by atoms with E-state index in [9.17, 15) is 4.79 Å². The van der Waals surface area contributed by atoms with Gasteiger partial charge >= 0.3 is 0 Å². The first-order valence-electron chi connectivity index (χ1n) is 8.64. The maximum atomic E-state index is 11.6. The monoisotopic (exact) mass is 334 g/mol. The summed E-state index contributed by atoms with van der Waals surface area (Å²) in [6, 6.07) is 16.4. The Morgan fingerprint density at radius 1 is 1.20 bits per heavy atom. The van der Waals surface area contributed by atoms with Gasteiger partial charge in [0.1, 0.15) is 0 Å². The van der Waals surface area contributed by atoms with Crippen molar-refractivity contribution in [2.75, 3.05) is 18.0 Å². The van der Waals surface area contributed by atoms with Crippen molar-refractivity contribution in [3.63, 3.8) is 0 Å². The van der Waals surface area contributed by atoms with Crippen molar-refractivity contribution in [2.45, 2.75) is 19.0 Å². The number of benzene rings is 2. The number of rotatable bonds is 5. The summed E-state index contributed by atoms with van der Waals surface area (Å²) in [7, 11) is 0. The fourth-order valence-corrected chi connectivity index (χ4v) is 3.66. The Morgan fingerprint density at radius 2 is 2.08 bits per heavy atom. The van der Waals surface area contributed by atoms with Crippen molar-refractivity contribution in [1.82, 2.24) is 10.3 Å². The van der Waals surface area contributed by atoms with Crippen LogP contribution in [0.2, 0.25) is 0 Å². The Bertz CT molecular complexity index is 901. The summed E-state index contributed by atoms with van der Waals surface area (Å²) in [5, 5.41) is 4.92. The minimum Gasteiger partial charge on any atom is -0.369 e. The Kier molecular flexibility index (Phi) is 4.15. The number of nitrogens with two attached hydrogens (primary N) is 1. The molecule has 1 atom stereocenters. The summed E-state index contributed by atoms with van der Waals surface area (Å²) < 4.78 is 0. The molecule has 5 heteroatoms. The Balaban J connectivity index is 1.43. The molecule has 4 N–H and O–H groups in total. The standard InChI is InChI=1S/C20H22N4O/c21-20(25)17-5-1-2-7-19(17)24-11-9-15(13-24)23-12-14-4-3-6-18-16(14)8-10-22-18/h1-8,10,15,22-23H,9,11-13H2,(H2,21,25). The van der Waals surface area contributed by atoms with E-state index in [1.54, 1.807) is 6.07 Å². The molecule has 5 nitrogen and oxygen atoms in total. The van der Waals surface area contributed by atoms with Gasteiger partial charge in [0.05, 0.1) is 5.56 Å². The van der Waals surface area contributed by atoms with Crippen molar-refractivity contribution in [1.29, 1.82) is 0 Å². The van der Waals surface area contributed by atoms with E-state index in [0.29, 0.717) is 11.6 Å². The minimum atomic E-state index is -0.369. The lowest BCUT2D eigenvalue weighted by Crippen LogP contribution is -2.32. The van der Waals surface area contributed by atoms with Crippen LogP contribution in [0.3, 0.4) is 0 Å². The fourth-order valence-electron chi connectivity index (χ4n) is 3.66. The predicted octanol–water partition coefficient (Wildman–Crippen LogP) is 2.64. The summed E-state index contributed by atoms with van der Waals surface area (Å²) in [6.45, 7) is 2.65. The third-order valence-corrected chi connectivity index (χ3v) is 4.96. The van der Waals surface area contributed by atoms with Crippen LogP contribution in [0.1, 0.15) is 22.3 Å². The molecule has 128 valence electrons. The van der Waals surface area contributed by atoms with Gasteiger partial charge in [0.2, 0.25) is 0 Å². The molecule has 0 spiro atoms. The van der Waals surface area contributed by atoms with E-state index in [2.05, 4.69) is 39.5 Å². The van der Waals surface area contributed by atoms with Gasteiger partial charge in [-0.15, -0.1) is 0 Å². The highest BCUT2D eigenvalue weighted by atomic mass is 16.1. The molecule has 0 bridgehead atoms. The molecule has 1 amide bonds. The maximum Gasteiger partial charge on any atom is 0.250 e. The first-order chi connectivity index (χ1) is 12.2. The summed E-state index contributed by atoms with van der Waals surface area (Å²) in [6.07, 6.45) is 3.03.